The van der Waals surface area contributed by atoms with Gasteiger partial charge < -0.3 is 9.80 Å². The Morgan fingerprint density at radius 1 is 1.04 bits per heavy atom. The molecule has 6 nitrogen and oxygen atoms in total. The quantitative estimate of drug-likeness (QED) is 0.824. The summed E-state index contributed by atoms with van der Waals surface area (Å²) >= 11 is 1.25. The number of hydrogen-bond acceptors (Lipinski definition) is 5. The van der Waals surface area contributed by atoms with Gasteiger partial charge in [0.05, 0.1) is 0 Å². The number of anilines is 2. The molecule has 0 spiro atoms. The molecule has 1 aromatic heterocycles. The third kappa shape index (κ3) is 3.70. The van der Waals surface area contributed by atoms with Gasteiger partial charge in [-0.1, -0.05) is 0 Å². The Morgan fingerprint density at radius 3 is 2.25 bits per heavy atom. The van der Waals surface area contributed by atoms with Crippen molar-refractivity contribution in [1.82, 2.24) is 4.90 Å². The topological polar surface area (TPSA) is 69.7 Å². The van der Waals surface area contributed by atoms with Gasteiger partial charge in [0.1, 0.15) is 4.21 Å². The van der Waals surface area contributed by atoms with Crippen molar-refractivity contribution in [3.63, 3.8) is 0 Å². The van der Waals surface area contributed by atoms with E-state index in [9.17, 15) is 13.2 Å². The lowest BCUT2D eigenvalue weighted by Gasteiger charge is -2.34. The van der Waals surface area contributed by atoms with Crippen LogP contribution in [0, 0.1) is 6.92 Å². The number of amides is 1. The molecular formula is C16H19N3O3S2. The molecule has 1 aliphatic rings. The van der Waals surface area contributed by atoms with E-state index in [0.29, 0.717) is 23.0 Å². The second-order valence-corrected chi connectivity index (χ2v) is 8.84. The number of benzene rings is 1. The van der Waals surface area contributed by atoms with Gasteiger partial charge in [0.2, 0.25) is 6.41 Å². The Hall–Kier alpha value is -2.06. The van der Waals surface area contributed by atoms with Gasteiger partial charge in [-0.2, -0.15) is 0 Å². The van der Waals surface area contributed by atoms with Gasteiger partial charge in [0.25, 0.3) is 10.0 Å². The van der Waals surface area contributed by atoms with Gasteiger partial charge in [0, 0.05) is 42.4 Å². The molecule has 24 heavy (non-hydrogen) atoms. The third-order valence-corrected chi connectivity index (χ3v) is 6.80. The second kappa shape index (κ2) is 6.82. The van der Waals surface area contributed by atoms with E-state index in [1.54, 1.807) is 29.2 Å². The van der Waals surface area contributed by atoms with Crippen LogP contribution in [-0.2, 0) is 14.8 Å². The molecule has 0 aliphatic carbocycles. The Balaban J connectivity index is 1.68. The highest BCUT2D eigenvalue weighted by molar-refractivity contribution is 7.94. The first kappa shape index (κ1) is 16.8. The van der Waals surface area contributed by atoms with Crippen molar-refractivity contribution < 1.29 is 13.2 Å². The number of aryl methyl sites for hydroxylation is 1. The van der Waals surface area contributed by atoms with Crippen LogP contribution in [0.5, 0.6) is 0 Å². The number of piperazine rings is 1. The number of carbonyl (C=O) groups excluding carboxylic acids is 1. The predicted octanol–water partition coefficient (Wildman–Crippen LogP) is 2.14. The summed E-state index contributed by atoms with van der Waals surface area (Å²) in [4.78, 5) is 15.6. The normalized spacial score (nSPS) is 15.4. The zero-order valence-electron chi connectivity index (χ0n) is 13.3. The predicted molar refractivity (Wildman–Crippen MR) is 96.2 cm³/mol. The van der Waals surface area contributed by atoms with Crippen LogP contribution in [-0.4, -0.2) is 45.9 Å². The standard InChI is InChI=1S/C16H19N3O3S2/c1-13-2-7-16(23-13)24(21,22)17-14-3-5-15(6-4-14)19-10-8-18(12-20)9-11-19/h2-7,12,17H,8-11H2,1H3. The van der Waals surface area contributed by atoms with Crippen molar-refractivity contribution in [1.29, 1.82) is 0 Å². The van der Waals surface area contributed by atoms with Gasteiger partial charge in [-0.05, 0) is 43.3 Å². The summed E-state index contributed by atoms with van der Waals surface area (Å²) in [5.74, 6) is 0. The number of sulfonamides is 1. The second-order valence-electron chi connectivity index (χ2n) is 5.65. The van der Waals surface area contributed by atoms with Gasteiger partial charge in [-0.15, -0.1) is 11.3 Å². The minimum absolute atomic E-state index is 0.314. The summed E-state index contributed by atoms with van der Waals surface area (Å²) in [5, 5.41) is 0. The molecule has 1 fully saturated rings. The maximum Gasteiger partial charge on any atom is 0.271 e. The number of nitrogens with zero attached hydrogens (tertiary/aromatic N) is 2. The maximum absolute atomic E-state index is 12.3. The monoisotopic (exact) mass is 365 g/mol. The zero-order valence-corrected chi connectivity index (χ0v) is 14.9. The molecule has 8 heteroatoms. The van der Waals surface area contributed by atoms with Crippen molar-refractivity contribution in [2.24, 2.45) is 0 Å². The zero-order chi connectivity index (χ0) is 17.2. The van der Waals surface area contributed by atoms with Crippen LogP contribution in [0.4, 0.5) is 11.4 Å². The Labute approximate surface area is 145 Å². The van der Waals surface area contributed by atoms with Crippen molar-refractivity contribution in [3.8, 4) is 0 Å². The average Bonchev–Trinajstić information content (AvgIpc) is 3.03. The SMILES string of the molecule is Cc1ccc(S(=O)(=O)Nc2ccc(N3CCN(C=O)CC3)cc2)s1. The highest BCUT2D eigenvalue weighted by atomic mass is 32.2. The molecule has 1 aromatic carbocycles. The molecule has 2 heterocycles. The minimum Gasteiger partial charge on any atom is -0.368 e. The van der Waals surface area contributed by atoms with Crippen LogP contribution in [0.1, 0.15) is 4.88 Å². The fourth-order valence-electron chi connectivity index (χ4n) is 2.59. The molecule has 0 saturated carbocycles. The van der Waals surface area contributed by atoms with Crippen LogP contribution in [0.2, 0.25) is 0 Å². The fourth-order valence-corrected chi connectivity index (χ4v) is 4.93. The molecule has 1 amide bonds. The number of rotatable bonds is 5. The van der Waals surface area contributed by atoms with Gasteiger partial charge in [0.15, 0.2) is 0 Å². The lowest BCUT2D eigenvalue weighted by Crippen LogP contribution is -2.45. The third-order valence-electron chi connectivity index (χ3n) is 3.93. The van der Waals surface area contributed by atoms with Crippen LogP contribution in [0.25, 0.3) is 0 Å². The van der Waals surface area contributed by atoms with E-state index < -0.39 is 10.0 Å². The molecule has 0 atom stereocenters. The van der Waals surface area contributed by atoms with Crippen molar-refractivity contribution in [2.45, 2.75) is 11.1 Å². The smallest absolute Gasteiger partial charge is 0.271 e. The lowest BCUT2D eigenvalue weighted by molar-refractivity contribution is -0.118. The number of thiophene rings is 1. The maximum atomic E-state index is 12.3. The van der Waals surface area contributed by atoms with E-state index in [0.717, 1.165) is 30.1 Å². The van der Waals surface area contributed by atoms with Crippen LogP contribution in [0.3, 0.4) is 0 Å². The molecule has 0 unspecified atom stereocenters. The summed E-state index contributed by atoms with van der Waals surface area (Å²) in [7, 11) is -3.53. The van der Waals surface area contributed by atoms with E-state index in [2.05, 4.69) is 9.62 Å². The molecular weight excluding hydrogens is 346 g/mol. The van der Waals surface area contributed by atoms with Crippen LogP contribution in [0.15, 0.2) is 40.6 Å². The van der Waals surface area contributed by atoms with E-state index in [-0.39, 0.29) is 0 Å². The van der Waals surface area contributed by atoms with Crippen LogP contribution >= 0.6 is 11.3 Å². The lowest BCUT2D eigenvalue weighted by atomic mass is 10.2. The average molecular weight is 365 g/mol. The minimum atomic E-state index is -3.53. The van der Waals surface area contributed by atoms with E-state index >= 15 is 0 Å². The first-order valence-corrected chi connectivity index (χ1v) is 9.91. The molecule has 1 saturated heterocycles. The number of hydrogen-bond donors (Lipinski definition) is 1. The number of carbonyl (C=O) groups is 1. The Kier molecular flexibility index (Phi) is 4.77. The molecule has 1 aliphatic heterocycles. The van der Waals surface area contributed by atoms with Gasteiger partial charge >= 0.3 is 0 Å². The first-order valence-electron chi connectivity index (χ1n) is 7.61. The van der Waals surface area contributed by atoms with Crippen molar-refractivity contribution in [3.05, 3.63) is 41.3 Å². The Bertz CT molecular complexity index is 807. The van der Waals surface area contributed by atoms with Gasteiger partial charge in [-0.3, -0.25) is 9.52 Å². The van der Waals surface area contributed by atoms with Gasteiger partial charge in [-0.25, -0.2) is 8.42 Å². The molecule has 1 N–H and O–H groups in total. The highest BCUT2D eigenvalue weighted by Gasteiger charge is 2.18. The largest absolute Gasteiger partial charge is 0.368 e. The summed E-state index contributed by atoms with van der Waals surface area (Å²) < 4.78 is 27.6. The van der Waals surface area contributed by atoms with Crippen molar-refractivity contribution >= 4 is 39.1 Å². The highest BCUT2D eigenvalue weighted by Crippen LogP contribution is 2.25. The van der Waals surface area contributed by atoms with E-state index in [1.165, 1.54) is 11.3 Å². The fraction of sp³-hybridized carbons (Fsp3) is 0.312. The summed E-state index contributed by atoms with van der Waals surface area (Å²) in [6.45, 7) is 4.84. The van der Waals surface area contributed by atoms with Crippen molar-refractivity contribution in [2.75, 3.05) is 35.8 Å². The van der Waals surface area contributed by atoms with Crippen LogP contribution < -0.4 is 9.62 Å². The summed E-state index contributed by atoms with van der Waals surface area (Å²) in [6, 6.07) is 10.7. The molecule has 0 radical (unpaired) electrons. The van der Waals surface area contributed by atoms with E-state index in [4.69, 9.17) is 0 Å². The molecule has 0 bridgehead atoms. The first-order chi connectivity index (χ1) is 11.5. The summed E-state index contributed by atoms with van der Waals surface area (Å²) in [6.07, 6.45) is 0.876. The Morgan fingerprint density at radius 2 is 1.71 bits per heavy atom. The van der Waals surface area contributed by atoms with E-state index in [1.807, 2.05) is 19.1 Å². The molecule has 3 rings (SSSR count). The number of nitrogens with one attached hydrogen (secondary N) is 1. The molecule has 128 valence electrons. The molecule has 2 aromatic rings. The summed E-state index contributed by atoms with van der Waals surface area (Å²) in [5.41, 5.74) is 1.56.